The number of fused-ring (bicyclic) bond motifs is 1. The number of benzene rings is 2. The van der Waals surface area contributed by atoms with Crippen LogP contribution in [0.15, 0.2) is 54.6 Å². The Bertz CT molecular complexity index is 895. The number of para-hydroxylation sites is 1. The third-order valence-electron chi connectivity index (χ3n) is 3.27. The number of carboxylic acid groups (broad SMARTS) is 1. The summed E-state index contributed by atoms with van der Waals surface area (Å²) in [4.78, 5) is 22.8. The zero-order chi connectivity index (χ0) is 16.2. The number of H-pyrrole nitrogens is 1. The Morgan fingerprint density at radius 2 is 1.83 bits per heavy atom. The number of carbonyl (C=O) groups excluding carboxylic acids is 1. The normalized spacial score (nSPS) is 11.0. The highest BCUT2D eigenvalue weighted by atomic mass is 16.4. The van der Waals surface area contributed by atoms with Crippen molar-refractivity contribution in [2.45, 2.75) is 0 Å². The number of aromatic amines is 1. The molecule has 6 nitrogen and oxygen atoms in total. The number of amides is 1. The van der Waals surface area contributed by atoms with Gasteiger partial charge >= 0.3 is 5.97 Å². The fraction of sp³-hybridized carbons (Fsp3) is 0. The molecule has 0 unspecified atom stereocenters. The summed E-state index contributed by atoms with van der Waals surface area (Å²) in [6.07, 6.45) is 2.54. The van der Waals surface area contributed by atoms with Crippen LogP contribution in [0.25, 0.3) is 17.0 Å². The third kappa shape index (κ3) is 3.26. The maximum Gasteiger partial charge on any atom is 0.328 e. The number of aromatic nitrogens is 2. The lowest BCUT2D eigenvalue weighted by molar-refractivity contribution is -0.131. The van der Waals surface area contributed by atoms with Crippen LogP contribution in [0.3, 0.4) is 0 Å². The average Bonchev–Trinajstić information content (AvgIpc) is 2.98. The monoisotopic (exact) mass is 307 g/mol. The molecule has 0 saturated carbocycles. The van der Waals surface area contributed by atoms with Gasteiger partial charge in [0.05, 0.1) is 5.52 Å². The quantitative estimate of drug-likeness (QED) is 0.646. The predicted octanol–water partition coefficient (Wildman–Crippen LogP) is 2.91. The van der Waals surface area contributed by atoms with Crippen LogP contribution in [0.2, 0.25) is 0 Å². The summed E-state index contributed by atoms with van der Waals surface area (Å²) in [5.41, 5.74) is 2.47. The van der Waals surface area contributed by atoms with Gasteiger partial charge in [0.25, 0.3) is 5.91 Å². The summed E-state index contributed by atoms with van der Waals surface area (Å²) < 4.78 is 0. The number of nitrogens with zero attached hydrogens (tertiary/aromatic N) is 1. The van der Waals surface area contributed by atoms with Crippen molar-refractivity contribution in [2.75, 3.05) is 5.32 Å². The Hall–Kier alpha value is -3.41. The number of hydrogen-bond donors (Lipinski definition) is 3. The second-order valence-electron chi connectivity index (χ2n) is 4.87. The number of nitrogens with one attached hydrogen (secondary N) is 2. The Morgan fingerprint density at radius 3 is 2.57 bits per heavy atom. The van der Waals surface area contributed by atoms with Gasteiger partial charge in [-0.3, -0.25) is 9.89 Å². The summed E-state index contributed by atoms with van der Waals surface area (Å²) in [6, 6.07) is 14.2. The van der Waals surface area contributed by atoms with Gasteiger partial charge in [-0.05, 0) is 29.8 Å². The molecule has 1 aromatic heterocycles. The lowest BCUT2D eigenvalue weighted by atomic mass is 10.1. The standard InChI is InChI=1S/C17H13N3O3/c21-15(22)10-7-11-5-8-12(9-6-11)18-17(23)16-13-3-1-2-4-14(13)19-20-16/h1-10H,(H,18,23)(H,19,20)(H,21,22). The van der Waals surface area contributed by atoms with E-state index in [9.17, 15) is 9.59 Å². The first-order chi connectivity index (χ1) is 11.1. The maximum absolute atomic E-state index is 12.3. The predicted molar refractivity (Wildman–Crippen MR) is 87.2 cm³/mol. The van der Waals surface area contributed by atoms with Gasteiger partial charge in [0.2, 0.25) is 0 Å². The Labute approximate surface area is 131 Å². The van der Waals surface area contributed by atoms with Gasteiger partial charge in [-0.2, -0.15) is 5.10 Å². The molecule has 0 saturated heterocycles. The van der Waals surface area contributed by atoms with Gasteiger partial charge in [0, 0.05) is 17.1 Å². The van der Waals surface area contributed by atoms with Crippen molar-refractivity contribution in [3.8, 4) is 0 Å². The van der Waals surface area contributed by atoms with E-state index in [0.717, 1.165) is 22.5 Å². The zero-order valence-corrected chi connectivity index (χ0v) is 12.0. The van der Waals surface area contributed by atoms with Gasteiger partial charge in [-0.1, -0.05) is 30.3 Å². The first-order valence-corrected chi connectivity index (χ1v) is 6.89. The number of hydrogen-bond acceptors (Lipinski definition) is 3. The van der Waals surface area contributed by atoms with Crippen molar-refractivity contribution < 1.29 is 14.7 Å². The molecule has 0 bridgehead atoms. The Balaban J connectivity index is 1.76. The number of rotatable bonds is 4. The molecule has 6 heteroatoms. The third-order valence-corrected chi connectivity index (χ3v) is 3.27. The van der Waals surface area contributed by atoms with Gasteiger partial charge in [0.15, 0.2) is 5.69 Å². The number of carboxylic acids is 1. The molecule has 3 rings (SSSR count). The van der Waals surface area contributed by atoms with Crippen LogP contribution in [0.4, 0.5) is 5.69 Å². The summed E-state index contributed by atoms with van der Waals surface area (Å²) >= 11 is 0. The molecule has 0 radical (unpaired) electrons. The van der Waals surface area contributed by atoms with E-state index < -0.39 is 5.97 Å². The highest BCUT2D eigenvalue weighted by molar-refractivity contribution is 6.11. The molecule has 1 amide bonds. The molecule has 0 aliphatic rings. The molecule has 3 N–H and O–H groups in total. The summed E-state index contributed by atoms with van der Waals surface area (Å²) in [6.45, 7) is 0. The van der Waals surface area contributed by atoms with Crippen molar-refractivity contribution in [1.82, 2.24) is 10.2 Å². The van der Waals surface area contributed by atoms with E-state index in [2.05, 4.69) is 15.5 Å². The number of carbonyl (C=O) groups is 2. The van der Waals surface area contributed by atoms with Crippen molar-refractivity contribution in [1.29, 1.82) is 0 Å². The second-order valence-corrected chi connectivity index (χ2v) is 4.87. The van der Waals surface area contributed by atoms with Crippen LogP contribution >= 0.6 is 0 Å². The molecule has 0 atom stereocenters. The molecule has 0 aliphatic heterocycles. The van der Waals surface area contributed by atoms with E-state index >= 15 is 0 Å². The van der Waals surface area contributed by atoms with E-state index in [0.29, 0.717) is 11.4 Å². The number of aliphatic carboxylic acids is 1. The van der Waals surface area contributed by atoms with Crippen molar-refractivity contribution >= 4 is 34.5 Å². The van der Waals surface area contributed by atoms with Crippen LogP contribution in [0.5, 0.6) is 0 Å². The van der Waals surface area contributed by atoms with Gasteiger partial charge in [0.1, 0.15) is 0 Å². The molecule has 0 spiro atoms. The molecular formula is C17H13N3O3. The van der Waals surface area contributed by atoms with Crippen LogP contribution in [-0.4, -0.2) is 27.2 Å². The second kappa shape index (κ2) is 6.15. The minimum absolute atomic E-state index is 0.309. The SMILES string of the molecule is O=C(O)C=Cc1ccc(NC(=O)c2n[nH]c3ccccc23)cc1. The van der Waals surface area contributed by atoms with Crippen LogP contribution < -0.4 is 5.32 Å². The van der Waals surface area contributed by atoms with Crippen molar-refractivity contribution in [3.63, 3.8) is 0 Å². The minimum Gasteiger partial charge on any atom is -0.478 e. The first-order valence-electron chi connectivity index (χ1n) is 6.89. The topological polar surface area (TPSA) is 95.1 Å². The molecule has 0 fully saturated rings. The summed E-state index contributed by atoms with van der Waals surface area (Å²) in [7, 11) is 0. The van der Waals surface area contributed by atoms with Crippen LogP contribution in [-0.2, 0) is 4.79 Å². The largest absolute Gasteiger partial charge is 0.478 e. The Kier molecular flexibility index (Phi) is 3.88. The highest BCUT2D eigenvalue weighted by Crippen LogP contribution is 2.17. The smallest absolute Gasteiger partial charge is 0.328 e. The lowest BCUT2D eigenvalue weighted by Crippen LogP contribution is -2.12. The van der Waals surface area contributed by atoms with E-state index in [1.807, 2.05) is 24.3 Å². The Morgan fingerprint density at radius 1 is 1.09 bits per heavy atom. The molecule has 3 aromatic rings. The first kappa shape index (κ1) is 14.5. The van der Waals surface area contributed by atoms with E-state index in [4.69, 9.17) is 5.11 Å². The van der Waals surface area contributed by atoms with Gasteiger partial charge in [-0.25, -0.2) is 4.79 Å². The zero-order valence-electron chi connectivity index (χ0n) is 12.0. The molecule has 1 heterocycles. The highest BCUT2D eigenvalue weighted by Gasteiger charge is 2.13. The maximum atomic E-state index is 12.3. The lowest BCUT2D eigenvalue weighted by Gasteiger charge is -2.04. The fourth-order valence-corrected chi connectivity index (χ4v) is 2.17. The van der Waals surface area contributed by atoms with E-state index in [-0.39, 0.29) is 5.91 Å². The van der Waals surface area contributed by atoms with Crippen molar-refractivity contribution in [2.24, 2.45) is 0 Å². The molecule has 114 valence electrons. The average molecular weight is 307 g/mol. The van der Waals surface area contributed by atoms with Crippen LogP contribution in [0.1, 0.15) is 16.1 Å². The fourth-order valence-electron chi connectivity index (χ4n) is 2.17. The molecule has 2 aromatic carbocycles. The van der Waals surface area contributed by atoms with E-state index in [1.54, 1.807) is 24.3 Å². The molecule has 23 heavy (non-hydrogen) atoms. The van der Waals surface area contributed by atoms with E-state index in [1.165, 1.54) is 6.08 Å². The summed E-state index contributed by atoms with van der Waals surface area (Å²) in [5.74, 6) is -1.32. The summed E-state index contributed by atoms with van der Waals surface area (Å²) in [5, 5.41) is 19.0. The minimum atomic E-state index is -1.01. The number of anilines is 1. The van der Waals surface area contributed by atoms with Gasteiger partial charge in [-0.15, -0.1) is 0 Å². The molecular weight excluding hydrogens is 294 g/mol. The molecule has 0 aliphatic carbocycles. The van der Waals surface area contributed by atoms with Crippen molar-refractivity contribution in [3.05, 3.63) is 65.9 Å². The van der Waals surface area contributed by atoms with Crippen LogP contribution in [0, 0.1) is 0 Å². The van der Waals surface area contributed by atoms with Gasteiger partial charge < -0.3 is 10.4 Å².